The van der Waals surface area contributed by atoms with Crippen molar-refractivity contribution >= 4 is 24.1 Å². The number of para-hydroxylation sites is 1. The van der Waals surface area contributed by atoms with Crippen molar-refractivity contribution in [3.63, 3.8) is 0 Å². The van der Waals surface area contributed by atoms with Crippen molar-refractivity contribution in [2.24, 2.45) is 0 Å². The number of rotatable bonds is 18. The Labute approximate surface area is 326 Å². The Morgan fingerprint density at radius 1 is 0.857 bits per heavy atom. The van der Waals surface area contributed by atoms with Crippen molar-refractivity contribution in [1.82, 2.24) is 16.0 Å². The first-order chi connectivity index (χ1) is 27.2. The number of amides is 3. The van der Waals surface area contributed by atoms with Gasteiger partial charge in [0, 0.05) is 38.6 Å². The molecular formula is C42H52FN3O10. The predicted octanol–water partition coefficient (Wildman–Crippen LogP) is 5.78. The third-order valence-corrected chi connectivity index (χ3v) is 9.45. The maximum Gasteiger partial charge on any atom is 0.407 e. The Balaban J connectivity index is 1.16. The van der Waals surface area contributed by atoms with Gasteiger partial charge in [0.25, 0.3) is 0 Å². The number of esters is 1. The van der Waals surface area contributed by atoms with Crippen LogP contribution in [0.3, 0.4) is 0 Å². The second kappa shape index (κ2) is 21.8. The van der Waals surface area contributed by atoms with Gasteiger partial charge in [-0.25, -0.2) is 18.8 Å². The molecular weight excluding hydrogens is 725 g/mol. The van der Waals surface area contributed by atoms with Gasteiger partial charge in [0.1, 0.15) is 36.9 Å². The summed E-state index contributed by atoms with van der Waals surface area (Å²) in [6.07, 6.45) is 0.576. The standard InChI is InChI=1S/C42H52FN3O10/c1-2-51-39(48)37(26-31-10-5-3-6-11-31)46-38(47)20-19-34-27-36(54-41(50)44-23-21-30-15-17-32(43)18-16-30)28-42(55-34)22-9-14-35(56-42)29-53-40(49)45-24-25-52-33-12-7-4-8-13-33/h3-8,10-13,15-18,34-37H,2,9,14,19-29H2,1H3,(H,44,50)(H,45,49)(H,46,47)/t34-,35-,36-,37+,42+/m1/s1. The molecule has 0 radical (unpaired) electrons. The molecule has 0 saturated carbocycles. The highest BCUT2D eigenvalue weighted by molar-refractivity contribution is 5.84. The normalized spacial score (nSPS) is 20.9. The van der Waals surface area contributed by atoms with Crippen LogP contribution in [0.2, 0.25) is 0 Å². The summed E-state index contributed by atoms with van der Waals surface area (Å²) in [6, 6.07) is 23.8. The SMILES string of the molecule is CCOC(=O)[C@H](Cc1ccccc1)NC(=O)CC[C@@H]1C[C@@H](OC(=O)NCCc2ccc(F)cc2)C[C@@]2(CCC[C@H](COC(=O)NCCOc3ccccc3)O2)O1. The summed E-state index contributed by atoms with van der Waals surface area (Å²) in [6.45, 7) is 2.67. The van der Waals surface area contributed by atoms with Gasteiger partial charge in [0.05, 0.1) is 25.4 Å². The Morgan fingerprint density at radius 3 is 2.32 bits per heavy atom. The van der Waals surface area contributed by atoms with E-state index in [2.05, 4.69) is 16.0 Å². The fraction of sp³-hybridized carbons (Fsp3) is 0.476. The van der Waals surface area contributed by atoms with E-state index in [9.17, 15) is 23.6 Å². The first-order valence-corrected chi connectivity index (χ1v) is 19.3. The average Bonchev–Trinajstić information content (AvgIpc) is 3.19. The smallest absolute Gasteiger partial charge is 0.407 e. The van der Waals surface area contributed by atoms with Crippen molar-refractivity contribution < 1.29 is 52.0 Å². The Hall–Kier alpha value is -5.21. The molecule has 0 aliphatic carbocycles. The lowest BCUT2D eigenvalue weighted by Gasteiger charge is -2.47. The highest BCUT2D eigenvalue weighted by atomic mass is 19.1. The second-order valence-corrected chi connectivity index (χ2v) is 13.8. The summed E-state index contributed by atoms with van der Waals surface area (Å²) >= 11 is 0. The largest absolute Gasteiger partial charge is 0.492 e. The van der Waals surface area contributed by atoms with E-state index in [0.29, 0.717) is 37.9 Å². The number of nitrogens with one attached hydrogen (secondary N) is 3. The van der Waals surface area contributed by atoms with Crippen LogP contribution in [0.25, 0.3) is 0 Å². The van der Waals surface area contributed by atoms with Crippen LogP contribution in [0.1, 0.15) is 63.0 Å². The molecule has 0 bridgehead atoms. The van der Waals surface area contributed by atoms with Crippen LogP contribution in [-0.2, 0) is 46.1 Å². The lowest BCUT2D eigenvalue weighted by molar-refractivity contribution is -0.329. The molecule has 3 N–H and O–H groups in total. The molecule has 2 aliphatic heterocycles. The number of hydrogen-bond donors (Lipinski definition) is 3. The fourth-order valence-corrected chi connectivity index (χ4v) is 6.82. The van der Waals surface area contributed by atoms with Crippen molar-refractivity contribution in [2.45, 2.75) is 94.9 Å². The van der Waals surface area contributed by atoms with Gasteiger partial charge in [-0.2, -0.15) is 0 Å². The van der Waals surface area contributed by atoms with Crippen LogP contribution in [-0.4, -0.2) is 87.1 Å². The van der Waals surface area contributed by atoms with Gasteiger partial charge in [-0.3, -0.25) is 4.79 Å². The summed E-state index contributed by atoms with van der Waals surface area (Å²) in [5.74, 6) is -1.66. The minimum atomic E-state index is -1.15. The van der Waals surface area contributed by atoms with E-state index in [4.69, 9.17) is 28.4 Å². The first kappa shape index (κ1) is 41.9. The fourth-order valence-electron chi connectivity index (χ4n) is 6.82. The van der Waals surface area contributed by atoms with Crippen LogP contribution in [0, 0.1) is 5.82 Å². The quantitative estimate of drug-likeness (QED) is 0.0821. The molecule has 2 saturated heterocycles. The molecule has 2 aliphatic rings. The minimum absolute atomic E-state index is 0.0182. The van der Waals surface area contributed by atoms with Crippen LogP contribution in [0.5, 0.6) is 5.75 Å². The van der Waals surface area contributed by atoms with E-state index in [-0.39, 0.29) is 70.3 Å². The van der Waals surface area contributed by atoms with Gasteiger partial charge in [-0.1, -0.05) is 60.7 Å². The van der Waals surface area contributed by atoms with Crippen LogP contribution in [0.15, 0.2) is 84.9 Å². The molecule has 5 atom stereocenters. The molecule has 13 nitrogen and oxygen atoms in total. The monoisotopic (exact) mass is 777 g/mol. The number of hydrogen-bond acceptors (Lipinski definition) is 10. The summed E-state index contributed by atoms with van der Waals surface area (Å²) in [4.78, 5) is 51.4. The number of ether oxygens (including phenoxy) is 6. The van der Waals surface area contributed by atoms with E-state index >= 15 is 0 Å². The summed E-state index contributed by atoms with van der Waals surface area (Å²) in [5, 5.41) is 8.27. The van der Waals surface area contributed by atoms with E-state index in [1.807, 2.05) is 60.7 Å². The lowest BCUT2D eigenvalue weighted by atomic mass is 9.90. The van der Waals surface area contributed by atoms with Crippen molar-refractivity contribution in [1.29, 1.82) is 0 Å². The Morgan fingerprint density at radius 2 is 1.57 bits per heavy atom. The lowest BCUT2D eigenvalue weighted by Crippen LogP contribution is -2.54. The van der Waals surface area contributed by atoms with Crippen molar-refractivity contribution in [2.75, 3.05) is 32.9 Å². The first-order valence-electron chi connectivity index (χ1n) is 19.3. The van der Waals surface area contributed by atoms with E-state index in [1.54, 1.807) is 19.1 Å². The predicted molar refractivity (Wildman–Crippen MR) is 203 cm³/mol. The summed E-state index contributed by atoms with van der Waals surface area (Å²) in [7, 11) is 0. The molecule has 0 aromatic heterocycles. The molecule has 1 spiro atoms. The zero-order valence-electron chi connectivity index (χ0n) is 31.8. The Bertz CT molecular complexity index is 1680. The minimum Gasteiger partial charge on any atom is -0.492 e. The van der Waals surface area contributed by atoms with Gasteiger partial charge < -0.3 is 44.4 Å². The van der Waals surface area contributed by atoms with Gasteiger partial charge in [-0.15, -0.1) is 0 Å². The van der Waals surface area contributed by atoms with E-state index < -0.39 is 48.3 Å². The summed E-state index contributed by atoms with van der Waals surface area (Å²) in [5.41, 5.74) is 1.74. The molecule has 3 aromatic rings. The van der Waals surface area contributed by atoms with E-state index in [0.717, 1.165) is 11.1 Å². The van der Waals surface area contributed by atoms with Crippen molar-refractivity contribution in [3.8, 4) is 5.75 Å². The molecule has 3 amide bonds. The number of carbonyl (C=O) groups is 4. The molecule has 5 rings (SSSR count). The second-order valence-electron chi connectivity index (χ2n) is 13.8. The highest BCUT2D eigenvalue weighted by Crippen LogP contribution is 2.41. The van der Waals surface area contributed by atoms with Crippen LogP contribution < -0.4 is 20.7 Å². The summed E-state index contributed by atoms with van der Waals surface area (Å²) < 4.78 is 48.5. The van der Waals surface area contributed by atoms with Gasteiger partial charge in [0.2, 0.25) is 5.91 Å². The number of alkyl carbamates (subject to hydrolysis) is 2. The molecule has 2 heterocycles. The highest BCUT2D eigenvalue weighted by Gasteiger charge is 2.47. The third kappa shape index (κ3) is 14.1. The van der Waals surface area contributed by atoms with Crippen LogP contribution in [0.4, 0.5) is 14.0 Å². The zero-order valence-corrected chi connectivity index (χ0v) is 31.8. The third-order valence-electron chi connectivity index (χ3n) is 9.45. The van der Waals surface area contributed by atoms with Gasteiger partial charge in [-0.05, 0) is 68.0 Å². The van der Waals surface area contributed by atoms with Gasteiger partial charge >= 0.3 is 18.2 Å². The maximum atomic E-state index is 13.3. The molecule has 0 unspecified atom stereocenters. The Kier molecular flexibility index (Phi) is 16.3. The topological polar surface area (TPSA) is 160 Å². The number of benzene rings is 3. The molecule has 14 heteroatoms. The zero-order chi connectivity index (χ0) is 39.6. The number of carbonyl (C=O) groups excluding carboxylic acids is 4. The van der Waals surface area contributed by atoms with E-state index in [1.165, 1.54) is 12.1 Å². The van der Waals surface area contributed by atoms with Crippen molar-refractivity contribution in [3.05, 3.63) is 102 Å². The van der Waals surface area contributed by atoms with Gasteiger partial charge in [0.15, 0.2) is 5.79 Å². The molecule has 3 aromatic carbocycles. The molecule has 2 fully saturated rings. The maximum absolute atomic E-state index is 13.3. The average molecular weight is 778 g/mol. The van der Waals surface area contributed by atoms with Crippen LogP contribution >= 0.6 is 0 Å². The molecule has 56 heavy (non-hydrogen) atoms. The number of halogens is 1. The molecule has 302 valence electrons.